The highest BCUT2D eigenvalue weighted by Gasteiger charge is 2.08. The standard InChI is InChI=1S/C28H23N3O/c1-19-11-12-20(2)31(19)24-15-13-21(14-16-24)28(32)30-29-18-27-25-9-5-3-7-22(25)17-23-8-4-6-10-26(23)27/h3-18H,1-2H3,(H,30,32). The summed E-state index contributed by atoms with van der Waals surface area (Å²) in [6.45, 7) is 4.14. The first-order valence-corrected chi connectivity index (χ1v) is 10.6. The molecule has 0 fully saturated rings. The molecule has 5 rings (SSSR count). The Morgan fingerprint density at radius 1 is 0.781 bits per heavy atom. The number of aryl methyl sites for hydroxylation is 2. The number of benzene rings is 4. The SMILES string of the molecule is Cc1ccc(C)n1-c1ccc(C(=O)NN=Cc2c3ccccc3cc3ccccc23)cc1. The van der Waals surface area contributed by atoms with Gasteiger partial charge in [0.2, 0.25) is 0 Å². The second kappa shape index (κ2) is 8.16. The van der Waals surface area contributed by atoms with E-state index in [-0.39, 0.29) is 5.91 Å². The van der Waals surface area contributed by atoms with E-state index in [1.54, 1.807) is 6.21 Å². The normalized spacial score (nSPS) is 11.4. The highest BCUT2D eigenvalue weighted by atomic mass is 16.2. The molecule has 4 nitrogen and oxygen atoms in total. The minimum atomic E-state index is -0.238. The van der Waals surface area contributed by atoms with Gasteiger partial charge in [-0.05, 0) is 77.9 Å². The van der Waals surface area contributed by atoms with Gasteiger partial charge in [0.25, 0.3) is 5.91 Å². The van der Waals surface area contributed by atoms with Crippen LogP contribution in [0.3, 0.4) is 0 Å². The third-order valence-corrected chi connectivity index (χ3v) is 5.83. The maximum Gasteiger partial charge on any atom is 0.271 e. The minimum Gasteiger partial charge on any atom is -0.319 e. The van der Waals surface area contributed by atoms with Gasteiger partial charge in [-0.25, -0.2) is 5.43 Å². The first-order chi connectivity index (χ1) is 15.6. The fourth-order valence-corrected chi connectivity index (χ4v) is 4.25. The van der Waals surface area contributed by atoms with E-state index in [2.05, 4.69) is 71.4 Å². The van der Waals surface area contributed by atoms with Gasteiger partial charge in [-0.3, -0.25) is 4.79 Å². The third-order valence-electron chi connectivity index (χ3n) is 5.83. The fraction of sp³-hybridized carbons (Fsp3) is 0.0714. The van der Waals surface area contributed by atoms with Crippen LogP contribution in [0.2, 0.25) is 0 Å². The summed E-state index contributed by atoms with van der Waals surface area (Å²) in [7, 11) is 0. The molecule has 32 heavy (non-hydrogen) atoms. The predicted octanol–water partition coefficient (Wildman–Crippen LogP) is 6.16. The molecule has 0 aliphatic heterocycles. The van der Waals surface area contributed by atoms with E-state index >= 15 is 0 Å². The Hall–Kier alpha value is -4.18. The van der Waals surface area contributed by atoms with E-state index in [1.807, 2.05) is 48.5 Å². The Kier molecular flexibility index (Phi) is 5.04. The van der Waals surface area contributed by atoms with Crippen molar-refractivity contribution in [1.29, 1.82) is 0 Å². The number of hydrazone groups is 1. The van der Waals surface area contributed by atoms with Crippen molar-refractivity contribution in [3.8, 4) is 5.69 Å². The molecule has 5 aromatic rings. The Labute approximate surface area is 186 Å². The number of carbonyl (C=O) groups excluding carboxylic acids is 1. The van der Waals surface area contributed by atoms with Crippen LogP contribution < -0.4 is 5.43 Å². The Balaban J connectivity index is 1.41. The molecule has 0 unspecified atom stereocenters. The average molecular weight is 418 g/mol. The van der Waals surface area contributed by atoms with E-state index in [0.717, 1.165) is 44.2 Å². The van der Waals surface area contributed by atoms with Gasteiger partial charge in [0.05, 0.1) is 6.21 Å². The van der Waals surface area contributed by atoms with Crippen molar-refractivity contribution in [1.82, 2.24) is 9.99 Å². The first-order valence-electron chi connectivity index (χ1n) is 10.6. The molecule has 1 aromatic heterocycles. The Bertz CT molecular complexity index is 1400. The molecule has 0 saturated carbocycles. The molecule has 0 atom stereocenters. The zero-order chi connectivity index (χ0) is 22.1. The van der Waals surface area contributed by atoms with Gasteiger partial charge in [-0.15, -0.1) is 0 Å². The first kappa shape index (κ1) is 19.8. The van der Waals surface area contributed by atoms with Crippen LogP contribution in [0.5, 0.6) is 0 Å². The molecule has 4 heteroatoms. The van der Waals surface area contributed by atoms with Crippen LogP contribution in [0.4, 0.5) is 0 Å². The van der Waals surface area contributed by atoms with Crippen LogP contribution in [-0.4, -0.2) is 16.7 Å². The van der Waals surface area contributed by atoms with Crippen LogP contribution in [0.15, 0.2) is 96.1 Å². The molecule has 0 aliphatic rings. The van der Waals surface area contributed by atoms with E-state index in [9.17, 15) is 4.79 Å². The van der Waals surface area contributed by atoms with Gasteiger partial charge in [0.15, 0.2) is 0 Å². The van der Waals surface area contributed by atoms with Gasteiger partial charge in [-0.1, -0.05) is 48.5 Å². The maximum atomic E-state index is 12.7. The summed E-state index contributed by atoms with van der Waals surface area (Å²) in [6, 6.07) is 30.3. The van der Waals surface area contributed by atoms with E-state index in [1.165, 1.54) is 0 Å². The van der Waals surface area contributed by atoms with Gasteiger partial charge in [-0.2, -0.15) is 5.10 Å². The number of amides is 1. The highest BCUT2D eigenvalue weighted by Crippen LogP contribution is 2.27. The molecule has 1 N–H and O–H groups in total. The zero-order valence-electron chi connectivity index (χ0n) is 18.0. The number of aromatic nitrogens is 1. The third kappa shape index (κ3) is 3.56. The Morgan fingerprint density at radius 2 is 1.34 bits per heavy atom. The van der Waals surface area contributed by atoms with E-state index in [4.69, 9.17) is 0 Å². The number of hydrogen-bond donors (Lipinski definition) is 1. The number of hydrogen-bond acceptors (Lipinski definition) is 2. The van der Waals surface area contributed by atoms with Crippen molar-refractivity contribution in [2.75, 3.05) is 0 Å². The number of nitrogens with zero attached hydrogens (tertiary/aromatic N) is 2. The summed E-state index contributed by atoms with van der Waals surface area (Å²) in [5.74, 6) is -0.238. The van der Waals surface area contributed by atoms with Crippen molar-refractivity contribution in [3.05, 3.63) is 114 Å². The van der Waals surface area contributed by atoms with Crippen LogP contribution in [0, 0.1) is 13.8 Å². The molecule has 0 bridgehead atoms. The second-order valence-corrected chi connectivity index (χ2v) is 7.93. The van der Waals surface area contributed by atoms with Crippen molar-refractivity contribution in [2.45, 2.75) is 13.8 Å². The van der Waals surface area contributed by atoms with Crippen LogP contribution in [0.25, 0.3) is 27.2 Å². The lowest BCUT2D eigenvalue weighted by Crippen LogP contribution is -2.17. The molecular weight excluding hydrogens is 394 g/mol. The summed E-state index contributed by atoms with van der Waals surface area (Å²) < 4.78 is 2.16. The molecule has 0 radical (unpaired) electrons. The molecule has 0 aliphatic carbocycles. The van der Waals surface area contributed by atoms with Gasteiger partial charge >= 0.3 is 0 Å². The second-order valence-electron chi connectivity index (χ2n) is 7.93. The smallest absolute Gasteiger partial charge is 0.271 e. The fourth-order valence-electron chi connectivity index (χ4n) is 4.25. The summed E-state index contributed by atoms with van der Waals surface area (Å²) >= 11 is 0. The average Bonchev–Trinajstić information content (AvgIpc) is 3.16. The Morgan fingerprint density at radius 3 is 1.94 bits per heavy atom. The molecular formula is C28H23N3O. The number of nitrogens with one attached hydrogen (secondary N) is 1. The maximum absolute atomic E-state index is 12.7. The summed E-state index contributed by atoms with van der Waals surface area (Å²) in [5, 5.41) is 8.78. The van der Waals surface area contributed by atoms with E-state index < -0.39 is 0 Å². The number of rotatable bonds is 4. The van der Waals surface area contributed by atoms with Crippen molar-refractivity contribution in [2.24, 2.45) is 5.10 Å². The van der Waals surface area contributed by atoms with Gasteiger partial charge in [0, 0.05) is 28.2 Å². The topological polar surface area (TPSA) is 46.4 Å². The summed E-state index contributed by atoms with van der Waals surface area (Å²) in [5.41, 5.74) is 7.59. The van der Waals surface area contributed by atoms with Crippen LogP contribution >= 0.6 is 0 Å². The van der Waals surface area contributed by atoms with Crippen molar-refractivity contribution < 1.29 is 4.79 Å². The monoisotopic (exact) mass is 417 g/mol. The van der Waals surface area contributed by atoms with Crippen molar-refractivity contribution >= 4 is 33.7 Å². The summed E-state index contributed by atoms with van der Waals surface area (Å²) in [4.78, 5) is 12.7. The lowest BCUT2D eigenvalue weighted by Gasteiger charge is -2.10. The molecule has 0 spiro atoms. The van der Waals surface area contributed by atoms with Gasteiger partial charge < -0.3 is 4.57 Å². The summed E-state index contributed by atoms with van der Waals surface area (Å²) in [6.07, 6.45) is 1.74. The quantitative estimate of drug-likeness (QED) is 0.212. The lowest BCUT2D eigenvalue weighted by atomic mass is 9.97. The molecule has 1 amide bonds. The van der Waals surface area contributed by atoms with Crippen LogP contribution in [0.1, 0.15) is 27.3 Å². The predicted molar refractivity (Wildman–Crippen MR) is 132 cm³/mol. The number of fused-ring (bicyclic) bond motifs is 2. The van der Waals surface area contributed by atoms with E-state index in [0.29, 0.717) is 5.56 Å². The largest absolute Gasteiger partial charge is 0.319 e. The lowest BCUT2D eigenvalue weighted by molar-refractivity contribution is 0.0955. The highest BCUT2D eigenvalue weighted by molar-refractivity contribution is 6.13. The van der Waals surface area contributed by atoms with Crippen molar-refractivity contribution in [3.63, 3.8) is 0 Å². The molecule has 156 valence electrons. The van der Waals surface area contributed by atoms with Gasteiger partial charge in [0.1, 0.15) is 0 Å². The molecule has 1 heterocycles. The molecule has 0 saturated heterocycles. The minimum absolute atomic E-state index is 0.238. The number of carbonyl (C=O) groups is 1. The van der Waals surface area contributed by atoms with Crippen LogP contribution in [-0.2, 0) is 0 Å². The molecule has 4 aromatic carbocycles. The zero-order valence-corrected chi connectivity index (χ0v) is 18.0.